The molecule has 0 bridgehead atoms. The van der Waals surface area contributed by atoms with Gasteiger partial charge in [-0.3, -0.25) is 4.79 Å². The summed E-state index contributed by atoms with van der Waals surface area (Å²) in [5.74, 6) is -1.36. The van der Waals surface area contributed by atoms with Crippen molar-refractivity contribution in [1.29, 1.82) is 0 Å². The molecule has 2 aromatic carbocycles. The molecule has 1 amide bonds. The molecule has 0 aliphatic heterocycles. The van der Waals surface area contributed by atoms with E-state index in [4.69, 9.17) is 16.3 Å². The van der Waals surface area contributed by atoms with E-state index in [0.29, 0.717) is 10.8 Å². The summed E-state index contributed by atoms with van der Waals surface area (Å²) in [6.07, 6.45) is 1.52. The van der Waals surface area contributed by atoms with E-state index in [2.05, 4.69) is 15.2 Å². The first kappa shape index (κ1) is 21.5. The predicted octanol–water partition coefficient (Wildman–Crippen LogP) is 5.18. The van der Waals surface area contributed by atoms with Crippen LogP contribution in [0.15, 0.2) is 42.6 Å². The molecular weight excluding hydrogens is 423 g/mol. The zero-order valence-electron chi connectivity index (χ0n) is 16.0. The van der Waals surface area contributed by atoms with Crippen molar-refractivity contribution in [3.8, 4) is 11.5 Å². The largest absolute Gasteiger partial charge is 0.471 e. The molecule has 0 fully saturated rings. The lowest BCUT2D eigenvalue weighted by Gasteiger charge is -2.11. The number of anilines is 1. The van der Waals surface area contributed by atoms with Crippen LogP contribution >= 0.6 is 11.6 Å². The van der Waals surface area contributed by atoms with Gasteiger partial charge in [0.05, 0.1) is 5.69 Å². The number of nitrogens with one attached hydrogen (secondary N) is 1. The van der Waals surface area contributed by atoms with Crippen LogP contribution in [0.1, 0.15) is 21.6 Å². The molecule has 0 unspecified atom stereocenters. The highest BCUT2D eigenvalue weighted by Gasteiger charge is 2.16. The van der Waals surface area contributed by atoms with Gasteiger partial charge in [-0.15, -0.1) is 0 Å². The summed E-state index contributed by atoms with van der Waals surface area (Å²) in [6.45, 7) is 0.586. The molecule has 0 radical (unpaired) electrons. The Kier molecular flexibility index (Phi) is 6.51. The lowest BCUT2D eigenvalue weighted by molar-refractivity contribution is -0.0495. The molecule has 0 aliphatic carbocycles. The fraction of sp³-hybridized carbons (Fsp3) is 0.200. The fourth-order valence-corrected chi connectivity index (χ4v) is 2.77. The Hall–Kier alpha value is -3.20. The van der Waals surface area contributed by atoms with Crippen LogP contribution < -0.4 is 14.8 Å². The second-order valence-electron chi connectivity index (χ2n) is 6.36. The molecule has 6 nitrogen and oxygen atoms in total. The Morgan fingerprint density at radius 3 is 2.57 bits per heavy atom. The number of carbonyl (C=O) groups is 1. The number of halogens is 4. The molecule has 158 valence electrons. The van der Waals surface area contributed by atoms with Crippen molar-refractivity contribution in [1.82, 2.24) is 9.78 Å². The van der Waals surface area contributed by atoms with Crippen molar-refractivity contribution in [3.63, 3.8) is 0 Å². The van der Waals surface area contributed by atoms with E-state index in [1.807, 2.05) is 13.8 Å². The number of nitrogens with zero attached hydrogens (tertiary/aromatic N) is 2. The molecule has 1 heterocycles. The number of aryl methyl sites for hydroxylation is 2. The molecule has 1 N–H and O–H groups in total. The van der Waals surface area contributed by atoms with Gasteiger partial charge in [-0.25, -0.2) is 9.07 Å². The molecule has 0 saturated carbocycles. The molecule has 0 atom stereocenters. The van der Waals surface area contributed by atoms with Gasteiger partial charge in [0.15, 0.2) is 18.2 Å². The Morgan fingerprint density at radius 1 is 1.20 bits per heavy atom. The number of ether oxygens (including phenoxy) is 2. The minimum absolute atomic E-state index is 0.00869. The van der Waals surface area contributed by atoms with Crippen LogP contribution in [0.5, 0.6) is 11.5 Å². The van der Waals surface area contributed by atoms with Crippen molar-refractivity contribution in [2.75, 3.05) is 5.32 Å². The van der Waals surface area contributed by atoms with Crippen molar-refractivity contribution in [2.45, 2.75) is 27.2 Å². The zero-order chi connectivity index (χ0) is 21.8. The van der Waals surface area contributed by atoms with E-state index in [1.54, 1.807) is 12.1 Å². The fourth-order valence-electron chi connectivity index (χ4n) is 2.66. The van der Waals surface area contributed by atoms with Crippen molar-refractivity contribution in [2.24, 2.45) is 0 Å². The van der Waals surface area contributed by atoms with Gasteiger partial charge in [0, 0.05) is 17.3 Å². The van der Waals surface area contributed by atoms with Crippen LogP contribution in [0.25, 0.3) is 0 Å². The van der Waals surface area contributed by atoms with Crippen molar-refractivity contribution in [3.05, 3.63) is 70.3 Å². The standard InChI is InChI=1S/C20H17ClF3N3O3/c1-11-7-14(8-12(2)18(11)21)29-10-27-6-5-16(26-27)19(28)25-15-4-3-13(22)9-17(15)30-20(23)24/h3-9,20H,10H2,1-2H3,(H,25,28). The van der Waals surface area contributed by atoms with Crippen LogP contribution in [-0.2, 0) is 6.73 Å². The molecule has 0 saturated heterocycles. The van der Waals surface area contributed by atoms with Gasteiger partial charge in [-0.2, -0.15) is 13.9 Å². The van der Waals surface area contributed by atoms with E-state index in [1.165, 1.54) is 16.9 Å². The second-order valence-corrected chi connectivity index (χ2v) is 6.74. The van der Waals surface area contributed by atoms with Crippen LogP contribution in [0, 0.1) is 19.7 Å². The normalized spacial score (nSPS) is 10.9. The number of rotatable bonds is 7. The molecule has 3 aromatic rings. The van der Waals surface area contributed by atoms with Gasteiger partial charge >= 0.3 is 6.61 Å². The first-order valence-corrected chi connectivity index (χ1v) is 9.09. The highest BCUT2D eigenvalue weighted by Crippen LogP contribution is 2.28. The smallest absolute Gasteiger partial charge is 0.387 e. The third-order valence-corrected chi connectivity index (χ3v) is 4.65. The zero-order valence-corrected chi connectivity index (χ0v) is 16.7. The summed E-state index contributed by atoms with van der Waals surface area (Å²) >= 11 is 6.13. The van der Waals surface area contributed by atoms with E-state index in [-0.39, 0.29) is 18.1 Å². The Bertz CT molecular complexity index is 1050. The number of hydrogen-bond acceptors (Lipinski definition) is 4. The second kappa shape index (κ2) is 9.08. The van der Waals surface area contributed by atoms with Crippen molar-refractivity contribution >= 4 is 23.2 Å². The summed E-state index contributed by atoms with van der Waals surface area (Å²) in [7, 11) is 0. The first-order chi connectivity index (χ1) is 14.2. The van der Waals surface area contributed by atoms with Crippen LogP contribution in [0.3, 0.4) is 0 Å². The highest BCUT2D eigenvalue weighted by molar-refractivity contribution is 6.32. The third-order valence-electron chi connectivity index (χ3n) is 4.05. The van der Waals surface area contributed by atoms with E-state index < -0.39 is 24.1 Å². The maximum atomic E-state index is 13.3. The minimum Gasteiger partial charge on any atom is -0.471 e. The number of aromatic nitrogens is 2. The number of hydrogen-bond donors (Lipinski definition) is 1. The van der Waals surface area contributed by atoms with Crippen LogP contribution in [0.4, 0.5) is 18.9 Å². The van der Waals surface area contributed by atoms with Gasteiger partial charge in [0.2, 0.25) is 0 Å². The Morgan fingerprint density at radius 2 is 1.90 bits per heavy atom. The topological polar surface area (TPSA) is 65.4 Å². The monoisotopic (exact) mass is 439 g/mol. The number of alkyl halides is 2. The summed E-state index contributed by atoms with van der Waals surface area (Å²) in [6, 6.07) is 7.88. The lowest BCUT2D eigenvalue weighted by atomic mass is 10.1. The van der Waals surface area contributed by atoms with Crippen LogP contribution in [0.2, 0.25) is 5.02 Å². The van der Waals surface area contributed by atoms with Gasteiger partial charge < -0.3 is 14.8 Å². The number of benzene rings is 2. The average Bonchev–Trinajstić information content (AvgIpc) is 3.15. The summed E-state index contributed by atoms with van der Waals surface area (Å²) in [4.78, 5) is 12.4. The predicted molar refractivity (Wildman–Crippen MR) is 105 cm³/mol. The molecule has 3 rings (SSSR count). The van der Waals surface area contributed by atoms with Crippen molar-refractivity contribution < 1.29 is 27.4 Å². The van der Waals surface area contributed by atoms with Gasteiger partial charge in [-0.1, -0.05) is 11.6 Å². The third kappa shape index (κ3) is 5.24. The maximum absolute atomic E-state index is 13.3. The number of amides is 1. The number of carbonyl (C=O) groups excluding carboxylic acids is 1. The minimum atomic E-state index is -3.17. The first-order valence-electron chi connectivity index (χ1n) is 8.71. The highest BCUT2D eigenvalue weighted by atomic mass is 35.5. The molecule has 0 spiro atoms. The SMILES string of the molecule is Cc1cc(OCn2ccc(C(=O)Nc3ccc(F)cc3OC(F)F)n2)cc(C)c1Cl. The van der Waals surface area contributed by atoms with Gasteiger partial charge in [0.25, 0.3) is 5.91 Å². The Labute approximate surface area is 175 Å². The molecule has 30 heavy (non-hydrogen) atoms. The van der Waals surface area contributed by atoms with E-state index in [9.17, 15) is 18.0 Å². The molecule has 10 heteroatoms. The van der Waals surface area contributed by atoms with Gasteiger partial charge in [0.1, 0.15) is 11.6 Å². The van der Waals surface area contributed by atoms with Crippen LogP contribution in [-0.4, -0.2) is 22.3 Å². The van der Waals surface area contributed by atoms with Gasteiger partial charge in [-0.05, 0) is 55.3 Å². The molecule has 0 aliphatic rings. The Balaban J connectivity index is 1.67. The summed E-state index contributed by atoms with van der Waals surface area (Å²) < 4.78 is 49.6. The van der Waals surface area contributed by atoms with E-state index in [0.717, 1.165) is 29.3 Å². The van der Waals surface area contributed by atoms with E-state index >= 15 is 0 Å². The molecular formula is C20H17ClF3N3O3. The maximum Gasteiger partial charge on any atom is 0.387 e. The average molecular weight is 440 g/mol. The molecule has 1 aromatic heterocycles. The summed E-state index contributed by atoms with van der Waals surface area (Å²) in [5.41, 5.74) is 1.63. The summed E-state index contributed by atoms with van der Waals surface area (Å²) in [5, 5.41) is 7.12. The quantitative estimate of drug-likeness (QED) is 0.550. The lowest BCUT2D eigenvalue weighted by Crippen LogP contribution is -2.15.